The van der Waals surface area contributed by atoms with Gasteiger partial charge < -0.3 is 20.1 Å². The van der Waals surface area contributed by atoms with Crippen molar-refractivity contribution in [1.29, 1.82) is 0 Å². The van der Waals surface area contributed by atoms with Crippen molar-refractivity contribution in [3.8, 4) is 17.4 Å². The molecule has 7 nitrogen and oxygen atoms in total. The Labute approximate surface area is 132 Å². The van der Waals surface area contributed by atoms with Gasteiger partial charge in [0.1, 0.15) is 5.75 Å². The summed E-state index contributed by atoms with van der Waals surface area (Å²) in [7, 11) is 0. The number of nitrogens with zero attached hydrogens (tertiary/aromatic N) is 3. The van der Waals surface area contributed by atoms with Gasteiger partial charge in [0.2, 0.25) is 5.88 Å². The molecule has 0 radical (unpaired) electrons. The van der Waals surface area contributed by atoms with Crippen molar-refractivity contribution in [1.82, 2.24) is 14.5 Å². The van der Waals surface area contributed by atoms with Crippen LogP contribution in [-0.4, -0.2) is 25.6 Å². The summed E-state index contributed by atoms with van der Waals surface area (Å²) in [6.45, 7) is 0. The van der Waals surface area contributed by atoms with Crippen molar-refractivity contribution >= 4 is 11.7 Å². The average molecular weight is 310 g/mol. The average Bonchev–Trinajstić information content (AvgIpc) is 2.95. The van der Waals surface area contributed by atoms with E-state index in [1.165, 1.54) is 6.20 Å². The molecule has 2 heterocycles. The van der Waals surface area contributed by atoms with Crippen molar-refractivity contribution in [3.05, 3.63) is 60.7 Å². The lowest BCUT2D eigenvalue weighted by atomic mass is 10.2. The summed E-state index contributed by atoms with van der Waals surface area (Å²) in [5.41, 5.74) is 6.98. The maximum atomic E-state index is 10.7. The fourth-order valence-corrected chi connectivity index (χ4v) is 2.07. The van der Waals surface area contributed by atoms with Crippen LogP contribution in [0.25, 0.3) is 5.82 Å². The van der Waals surface area contributed by atoms with Crippen molar-refractivity contribution in [2.45, 2.75) is 6.42 Å². The molecular weight excluding hydrogens is 296 g/mol. The summed E-state index contributed by atoms with van der Waals surface area (Å²) in [6.07, 6.45) is 6.44. The Morgan fingerprint density at radius 2 is 2.17 bits per heavy atom. The summed E-state index contributed by atoms with van der Waals surface area (Å²) < 4.78 is 7.32. The monoisotopic (exact) mass is 310 g/mol. The lowest BCUT2D eigenvalue weighted by molar-refractivity contribution is -0.136. The van der Waals surface area contributed by atoms with Crippen LogP contribution in [0.5, 0.6) is 11.6 Å². The Hall–Kier alpha value is -3.35. The Morgan fingerprint density at radius 1 is 1.30 bits per heavy atom. The second-order valence-corrected chi connectivity index (χ2v) is 4.89. The number of carboxylic acids is 1. The third kappa shape index (κ3) is 3.65. The zero-order chi connectivity index (χ0) is 16.2. The van der Waals surface area contributed by atoms with Crippen LogP contribution in [0.15, 0.2) is 55.1 Å². The zero-order valence-corrected chi connectivity index (χ0v) is 12.1. The van der Waals surface area contributed by atoms with E-state index in [9.17, 15) is 4.79 Å². The van der Waals surface area contributed by atoms with Crippen molar-refractivity contribution in [3.63, 3.8) is 0 Å². The normalized spacial score (nSPS) is 10.4. The van der Waals surface area contributed by atoms with E-state index in [1.807, 2.05) is 0 Å². The number of anilines is 1. The topological polar surface area (TPSA) is 103 Å². The van der Waals surface area contributed by atoms with Gasteiger partial charge in [-0.05, 0) is 23.8 Å². The number of carboxylic acid groups (broad SMARTS) is 1. The van der Waals surface area contributed by atoms with Gasteiger partial charge in [-0.25, -0.2) is 0 Å². The molecule has 0 saturated carbocycles. The first-order chi connectivity index (χ1) is 11.1. The summed E-state index contributed by atoms with van der Waals surface area (Å²) >= 11 is 0. The minimum atomic E-state index is -0.882. The Balaban J connectivity index is 1.82. The fraction of sp³-hybridized carbons (Fsp3) is 0.0625. The molecule has 3 aromatic rings. The zero-order valence-electron chi connectivity index (χ0n) is 12.1. The van der Waals surface area contributed by atoms with E-state index in [4.69, 9.17) is 15.6 Å². The first-order valence-electron chi connectivity index (χ1n) is 6.84. The Bertz CT molecular complexity index is 845. The van der Waals surface area contributed by atoms with Gasteiger partial charge in [0, 0.05) is 24.1 Å². The Morgan fingerprint density at radius 3 is 2.96 bits per heavy atom. The number of hydrogen-bond donors (Lipinski definition) is 2. The molecule has 0 saturated heterocycles. The highest BCUT2D eigenvalue weighted by Gasteiger charge is 2.07. The van der Waals surface area contributed by atoms with Crippen LogP contribution in [0.2, 0.25) is 0 Å². The largest absolute Gasteiger partial charge is 0.481 e. The number of benzene rings is 1. The summed E-state index contributed by atoms with van der Waals surface area (Å²) in [5.74, 6) is 0.535. The first-order valence-corrected chi connectivity index (χ1v) is 6.84. The molecule has 0 unspecified atom stereocenters. The molecule has 0 aliphatic rings. The molecule has 0 aliphatic heterocycles. The van der Waals surface area contributed by atoms with Crippen LogP contribution in [0.1, 0.15) is 5.56 Å². The number of rotatable bonds is 5. The van der Waals surface area contributed by atoms with Gasteiger partial charge in [-0.15, -0.1) is 0 Å². The van der Waals surface area contributed by atoms with Gasteiger partial charge in [0.05, 0.1) is 18.8 Å². The molecule has 0 bridgehead atoms. The van der Waals surface area contributed by atoms with Crippen molar-refractivity contribution < 1.29 is 14.6 Å². The van der Waals surface area contributed by atoms with E-state index in [0.717, 1.165) is 0 Å². The van der Waals surface area contributed by atoms with Gasteiger partial charge in [0.25, 0.3) is 0 Å². The van der Waals surface area contributed by atoms with Crippen LogP contribution in [0.3, 0.4) is 0 Å². The maximum absolute atomic E-state index is 10.7. The smallest absolute Gasteiger partial charge is 0.307 e. The minimum absolute atomic E-state index is 0.0418. The molecule has 1 aromatic carbocycles. The summed E-state index contributed by atoms with van der Waals surface area (Å²) in [5, 5.41) is 8.81. The van der Waals surface area contributed by atoms with Crippen LogP contribution in [0.4, 0.5) is 5.69 Å². The van der Waals surface area contributed by atoms with E-state index in [1.54, 1.807) is 53.5 Å². The lowest BCUT2D eigenvalue weighted by Gasteiger charge is -2.07. The molecule has 116 valence electrons. The third-order valence-electron chi connectivity index (χ3n) is 3.05. The summed E-state index contributed by atoms with van der Waals surface area (Å²) in [4.78, 5) is 19.2. The quantitative estimate of drug-likeness (QED) is 0.701. The standard InChI is InChI=1S/C16H14N4O3/c17-12-2-1-3-13(7-12)23-15-9-18-8-14(19-15)20-5-4-11(10-20)6-16(21)22/h1-5,7-10H,6,17H2,(H,21,22). The number of nitrogen functional groups attached to an aromatic ring is 1. The molecule has 0 amide bonds. The van der Waals surface area contributed by atoms with Crippen molar-refractivity contribution in [2.75, 3.05) is 5.73 Å². The number of aromatic nitrogens is 3. The molecule has 3 rings (SSSR count). The van der Waals surface area contributed by atoms with E-state index in [0.29, 0.717) is 28.7 Å². The van der Waals surface area contributed by atoms with E-state index >= 15 is 0 Å². The van der Waals surface area contributed by atoms with Gasteiger partial charge in [-0.2, -0.15) is 4.98 Å². The minimum Gasteiger partial charge on any atom is -0.481 e. The van der Waals surface area contributed by atoms with Gasteiger partial charge in [0.15, 0.2) is 5.82 Å². The molecular formula is C16H14N4O3. The van der Waals surface area contributed by atoms with E-state index < -0.39 is 5.97 Å². The highest BCUT2D eigenvalue weighted by atomic mass is 16.5. The van der Waals surface area contributed by atoms with Crippen molar-refractivity contribution in [2.24, 2.45) is 0 Å². The van der Waals surface area contributed by atoms with Crippen LogP contribution >= 0.6 is 0 Å². The van der Waals surface area contributed by atoms with Crippen LogP contribution in [-0.2, 0) is 11.2 Å². The lowest BCUT2D eigenvalue weighted by Crippen LogP contribution is -2.00. The van der Waals surface area contributed by atoms with Gasteiger partial charge in [-0.1, -0.05) is 6.07 Å². The van der Waals surface area contributed by atoms with Gasteiger partial charge >= 0.3 is 5.97 Å². The van der Waals surface area contributed by atoms with Crippen LogP contribution in [0, 0.1) is 0 Å². The highest BCUT2D eigenvalue weighted by Crippen LogP contribution is 2.21. The first kappa shape index (κ1) is 14.6. The fourth-order valence-electron chi connectivity index (χ4n) is 2.07. The molecule has 7 heteroatoms. The van der Waals surface area contributed by atoms with Crippen LogP contribution < -0.4 is 10.5 Å². The highest BCUT2D eigenvalue weighted by molar-refractivity contribution is 5.70. The predicted molar refractivity (Wildman–Crippen MR) is 83.6 cm³/mol. The number of ether oxygens (including phenoxy) is 1. The second kappa shape index (κ2) is 6.18. The Kier molecular flexibility index (Phi) is 3.92. The summed E-state index contributed by atoms with van der Waals surface area (Å²) in [6, 6.07) is 8.73. The number of hydrogen-bond acceptors (Lipinski definition) is 5. The molecule has 3 N–H and O–H groups in total. The maximum Gasteiger partial charge on any atom is 0.307 e. The molecule has 0 fully saturated rings. The van der Waals surface area contributed by atoms with E-state index in [-0.39, 0.29) is 6.42 Å². The number of carbonyl (C=O) groups is 1. The number of aliphatic carboxylic acids is 1. The van der Waals surface area contributed by atoms with E-state index in [2.05, 4.69) is 9.97 Å². The third-order valence-corrected chi connectivity index (χ3v) is 3.05. The molecule has 0 aliphatic carbocycles. The molecule has 2 aromatic heterocycles. The molecule has 23 heavy (non-hydrogen) atoms. The number of nitrogens with two attached hydrogens (primary N) is 1. The SMILES string of the molecule is Nc1cccc(Oc2cncc(-n3ccc(CC(=O)O)c3)n2)c1. The second-order valence-electron chi connectivity index (χ2n) is 4.89. The van der Waals surface area contributed by atoms with Gasteiger partial charge in [-0.3, -0.25) is 9.78 Å². The molecule has 0 atom stereocenters. The molecule has 0 spiro atoms. The predicted octanol–water partition coefficient (Wildman–Crippen LogP) is 2.27.